The SMILES string of the molecule is O=C(N[C@@H]1CNCC[C@H]1c1ccc(F)c(F)c1)c1cc2c(s1)OCCn1ncc(Cl)c1-2. The molecule has 162 valence electrons. The molecule has 2 aliphatic rings. The molecule has 1 fully saturated rings. The first kappa shape index (κ1) is 20.4. The van der Waals surface area contributed by atoms with Crippen molar-refractivity contribution >= 4 is 28.8 Å². The van der Waals surface area contributed by atoms with Crippen molar-refractivity contribution in [2.45, 2.75) is 24.9 Å². The summed E-state index contributed by atoms with van der Waals surface area (Å²) in [6.45, 7) is 2.29. The van der Waals surface area contributed by atoms with Gasteiger partial charge in [0.25, 0.3) is 5.91 Å². The Hall–Kier alpha value is -2.49. The van der Waals surface area contributed by atoms with Crippen LogP contribution in [-0.2, 0) is 6.54 Å². The minimum Gasteiger partial charge on any atom is -0.481 e. The third kappa shape index (κ3) is 3.81. The van der Waals surface area contributed by atoms with Crippen molar-refractivity contribution < 1.29 is 18.3 Å². The molecule has 2 atom stereocenters. The molecule has 4 heterocycles. The van der Waals surface area contributed by atoms with Gasteiger partial charge in [-0.05, 0) is 36.7 Å². The zero-order chi connectivity index (χ0) is 21.5. The summed E-state index contributed by atoms with van der Waals surface area (Å²) in [5.41, 5.74) is 2.16. The van der Waals surface area contributed by atoms with Crippen LogP contribution in [0.5, 0.6) is 5.06 Å². The van der Waals surface area contributed by atoms with Crippen LogP contribution >= 0.6 is 22.9 Å². The van der Waals surface area contributed by atoms with Gasteiger partial charge in [-0.15, -0.1) is 0 Å². The van der Waals surface area contributed by atoms with Crippen LogP contribution in [0.15, 0.2) is 30.5 Å². The van der Waals surface area contributed by atoms with Crippen molar-refractivity contribution in [1.29, 1.82) is 0 Å². The van der Waals surface area contributed by atoms with Gasteiger partial charge in [-0.1, -0.05) is 29.0 Å². The van der Waals surface area contributed by atoms with Gasteiger partial charge in [-0.3, -0.25) is 9.48 Å². The number of carbonyl (C=O) groups is 1. The number of piperidine rings is 1. The summed E-state index contributed by atoms with van der Waals surface area (Å²) in [6, 6.07) is 5.44. The normalized spacial score (nSPS) is 20.4. The highest BCUT2D eigenvalue weighted by Crippen LogP contribution is 2.42. The molecule has 1 aromatic carbocycles. The lowest BCUT2D eigenvalue weighted by Crippen LogP contribution is -2.49. The maximum absolute atomic E-state index is 13.8. The number of carbonyl (C=O) groups excluding carboxylic acids is 1. The third-order valence-corrected chi connectivity index (χ3v) is 7.00. The molecule has 0 radical (unpaired) electrons. The summed E-state index contributed by atoms with van der Waals surface area (Å²) in [6.07, 6.45) is 2.29. The van der Waals surface area contributed by atoms with E-state index < -0.39 is 11.6 Å². The molecule has 5 rings (SSSR count). The predicted octanol–water partition coefficient (Wildman–Crippen LogP) is 3.81. The first-order valence-electron chi connectivity index (χ1n) is 9.96. The molecule has 2 aliphatic heterocycles. The molecule has 2 aromatic heterocycles. The lowest BCUT2D eigenvalue weighted by Gasteiger charge is -2.33. The number of hydrogen-bond donors (Lipinski definition) is 2. The summed E-state index contributed by atoms with van der Waals surface area (Å²) in [5.74, 6) is -2.12. The van der Waals surface area contributed by atoms with Crippen LogP contribution < -0.4 is 15.4 Å². The quantitative estimate of drug-likeness (QED) is 0.618. The van der Waals surface area contributed by atoms with E-state index in [0.29, 0.717) is 46.6 Å². The van der Waals surface area contributed by atoms with Crippen LogP contribution in [0.4, 0.5) is 8.78 Å². The van der Waals surface area contributed by atoms with Crippen LogP contribution in [-0.4, -0.2) is 41.4 Å². The number of rotatable bonds is 3. The fourth-order valence-electron chi connectivity index (χ4n) is 4.17. The summed E-state index contributed by atoms with van der Waals surface area (Å²) in [4.78, 5) is 13.6. The van der Waals surface area contributed by atoms with E-state index in [1.54, 1.807) is 23.0 Å². The highest BCUT2D eigenvalue weighted by Gasteiger charge is 2.30. The number of fused-ring (bicyclic) bond motifs is 3. The van der Waals surface area contributed by atoms with Gasteiger partial charge in [-0.2, -0.15) is 5.10 Å². The van der Waals surface area contributed by atoms with Crippen molar-refractivity contribution in [3.63, 3.8) is 0 Å². The molecule has 3 aromatic rings. The average Bonchev–Trinajstić information content (AvgIpc) is 3.29. The third-order valence-electron chi connectivity index (χ3n) is 5.68. The first-order chi connectivity index (χ1) is 15.0. The van der Waals surface area contributed by atoms with Gasteiger partial charge in [0.2, 0.25) is 0 Å². The zero-order valence-electron chi connectivity index (χ0n) is 16.3. The van der Waals surface area contributed by atoms with Crippen molar-refractivity contribution in [2.24, 2.45) is 0 Å². The molecule has 10 heteroatoms. The number of hydrogen-bond acceptors (Lipinski definition) is 5. The molecule has 0 bridgehead atoms. The second-order valence-corrected chi connectivity index (χ2v) is 9.00. The van der Waals surface area contributed by atoms with E-state index in [1.807, 2.05) is 0 Å². The predicted molar refractivity (Wildman–Crippen MR) is 114 cm³/mol. The largest absolute Gasteiger partial charge is 0.481 e. The molecular weight excluding hydrogens is 446 g/mol. The summed E-state index contributed by atoms with van der Waals surface area (Å²) in [5, 5.41) is 11.7. The van der Waals surface area contributed by atoms with Crippen LogP contribution in [0.1, 0.15) is 27.6 Å². The van der Waals surface area contributed by atoms with E-state index in [1.165, 1.54) is 17.4 Å². The maximum atomic E-state index is 13.8. The number of amides is 1. The molecular formula is C21H19ClF2N4O2S. The zero-order valence-corrected chi connectivity index (χ0v) is 17.9. The van der Waals surface area contributed by atoms with Crippen LogP contribution in [0, 0.1) is 11.6 Å². The van der Waals surface area contributed by atoms with Gasteiger partial charge in [0.05, 0.1) is 33.9 Å². The fourth-order valence-corrected chi connectivity index (χ4v) is 5.35. The van der Waals surface area contributed by atoms with Crippen LogP contribution in [0.25, 0.3) is 11.3 Å². The minimum absolute atomic E-state index is 0.120. The number of nitrogens with one attached hydrogen (secondary N) is 2. The van der Waals surface area contributed by atoms with Crippen LogP contribution in [0.3, 0.4) is 0 Å². The lowest BCUT2D eigenvalue weighted by atomic mass is 9.86. The van der Waals surface area contributed by atoms with Crippen molar-refractivity contribution in [3.8, 4) is 16.3 Å². The van der Waals surface area contributed by atoms with Crippen molar-refractivity contribution in [1.82, 2.24) is 20.4 Å². The summed E-state index contributed by atoms with van der Waals surface area (Å²) in [7, 11) is 0. The number of nitrogens with zero attached hydrogens (tertiary/aromatic N) is 2. The first-order valence-corrected chi connectivity index (χ1v) is 11.2. The standard InChI is InChI=1S/C21H19ClF2N4O2S/c22-14-9-26-28-5-6-30-21-13(19(14)28)8-18(31-21)20(29)27-17-10-25-4-3-12(17)11-1-2-15(23)16(24)7-11/h1-2,7-9,12,17,25H,3-6,10H2,(H,27,29)/t12-,17+/m0/s1. The number of aromatic nitrogens is 2. The summed E-state index contributed by atoms with van der Waals surface area (Å²) < 4.78 is 34.7. The highest BCUT2D eigenvalue weighted by atomic mass is 35.5. The van der Waals surface area contributed by atoms with Gasteiger partial charge in [0.1, 0.15) is 6.61 Å². The maximum Gasteiger partial charge on any atom is 0.261 e. The van der Waals surface area contributed by atoms with E-state index in [4.69, 9.17) is 16.3 Å². The Balaban J connectivity index is 1.40. The lowest BCUT2D eigenvalue weighted by molar-refractivity contribution is 0.0928. The number of ether oxygens (including phenoxy) is 1. The topological polar surface area (TPSA) is 68.2 Å². The highest BCUT2D eigenvalue weighted by molar-refractivity contribution is 7.16. The Bertz CT molecular complexity index is 1150. The minimum atomic E-state index is -0.881. The molecule has 2 N–H and O–H groups in total. The molecule has 1 saturated heterocycles. The number of benzene rings is 1. The molecule has 0 saturated carbocycles. The average molecular weight is 465 g/mol. The number of halogens is 3. The van der Waals surface area contributed by atoms with Gasteiger partial charge < -0.3 is 15.4 Å². The Morgan fingerprint density at radius 1 is 1.32 bits per heavy atom. The van der Waals surface area contributed by atoms with Crippen LogP contribution in [0.2, 0.25) is 5.02 Å². The molecule has 31 heavy (non-hydrogen) atoms. The van der Waals surface area contributed by atoms with E-state index in [2.05, 4.69) is 15.7 Å². The molecule has 6 nitrogen and oxygen atoms in total. The van der Waals surface area contributed by atoms with Gasteiger partial charge in [0, 0.05) is 18.5 Å². The second kappa shape index (κ2) is 8.22. The van der Waals surface area contributed by atoms with E-state index in [0.717, 1.165) is 23.9 Å². The van der Waals surface area contributed by atoms with Gasteiger partial charge >= 0.3 is 0 Å². The van der Waals surface area contributed by atoms with E-state index >= 15 is 0 Å². The van der Waals surface area contributed by atoms with Crippen molar-refractivity contribution in [2.75, 3.05) is 19.7 Å². The second-order valence-electron chi connectivity index (χ2n) is 7.58. The Labute approximate surface area is 186 Å². The van der Waals surface area contributed by atoms with Gasteiger partial charge in [0.15, 0.2) is 16.7 Å². The Morgan fingerprint density at radius 3 is 3.03 bits per heavy atom. The molecule has 0 unspecified atom stereocenters. The Morgan fingerprint density at radius 2 is 2.19 bits per heavy atom. The smallest absolute Gasteiger partial charge is 0.261 e. The molecule has 0 spiro atoms. The van der Waals surface area contributed by atoms with E-state index in [-0.39, 0.29) is 17.9 Å². The van der Waals surface area contributed by atoms with E-state index in [9.17, 15) is 13.6 Å². The molecule has 1 amide bonds. The van der Waals surface area contributed by atoms with Crippen molar-refractivity contribution in [3.05, 3.63) is 57.6 Å². The molecule has 0 aliphatic carbocycles. The summed E-state index contributed by atoms with van der Waals surface area (Å²) >= 11 is 7.57. The monoisotopic (exact) mass is 464 g/mol. The fraction of sp³-hybridized carbons (Fsp3) is 0.333. The Kier molecular flexibility index (Phi) is 5.41. The van der Waals surface area contributed by atoms with Gasteiger partial charge in [-0.25, -0.2) is 8.78 Å². The number of thiophene rings is 1.